The number of aliphatic hydroxyl groups is 2. The van der Waals surface area contributed by atoms with Crippen molar-refractivity contribution in [3.8, 4) is 28.7 Å². The van der Waals surface area contributed by atoms with Crippen molar-refractivity contribution in [3.05, 3.63) is 88.9 Å². The summed E-state index contributed by atoms with van der Waals surface area (Å²) in [7, 11) is 1.41. The zero-order valence-corrected chi connectivity index (χ0v) is 22.9. The van der Waals surface area contributed by atoms with Crippen molar-refractivity contribution in [1.29, 1.82) is 0 Å². The minimum atomic E-state index is -1.75. The van der Waals surface area contributed by atoms with E-state index in [1.165, 1.54) is 35.2 Å². The number of ether oxygens (including phenoxy) is 3. The highest BCUT2D eigenvalue weighted by atomic mass is 19.1. The maximum atomic E-state index is 15.1. The third-order valence-corrected chi connectivity index (χ3v) is 7.82. The third-order valence-electron chi connectivity index (χ3n) is 7.82. The zero-order valence-electron chi connectivity index (χ0n) is 22.9. The van der Waals surface area contributed by atoms with Crippen molar-refractivity contribution < 1.29 is 28.8 Å². The molecule has 4 heterocycles. The van der Waals surface area contributed by atoms with Crippen LogP contribution in [0.5, 0.6) is 11.6 Å². The van der Waals surface area contributed by atoms with Crippen LogP contribution in [-0.4, -0.2) is 62.8 Å². The molecule has 9 nitrogen and oxygen atoms in total. The Balaban J connectivity index is 1.21. The number of nitrogens with zero attached hydrogens (tertiary/aromatic N) is 4. The summed E-state index contributed by atoms with van der Waals surface area (Å²) >= 11 is 0. The van der Waals surface area contributed by atoms with Crippen molar-refractivity contribution in [2.75, 3.05) is 26.9 Å². The molecule has 0 amide bonds. The van der Waals surface area contributed by atoms with Gasteiger partial charge in [-0.05, 0) is 60.2 Å². The summed E-state index contributed by atoms with van der Waals surface area (Å²) in [5.74, 6) is 0.135. The Hall–Kier alpha value is -3.83. The Morgan fingerprint density at radius 2 is 1.90 bits per heavy atom. The van der Waals surface area contributed by atoms with E-state index in [4.69, 9.17) is 14.2 Å². The minimum Gasteiger partial charge on any atom is -0.485 e. The molecule has 0 saturated carbocycles. The van der Waals surface area contributed by atoms with Gasteiger partial charge in [-0.3, -0.25) is 4.90 Å². The van der Waals surface area contributed by atoms with Crippen LogP contribution in [0.4, 0.5) is 4.39 Å². The quantitative estimate of drug-likeness (QED) is 0.310. The molecule has 0 bridgehead atoms. The monoisotopic (exact) mass is 560 g/mol. The number of hydrogen-bond acceptors (Lipinski definition) is 8. The molecule has 0 unspecified atom stereocenters. The number of fused-ring (bicyclic) bond motifs is 1. The summed E-state index contributed by atoms with van der Waals surface area (Å²) in [4.78, 5) is 7.22. The first-order chi connectivity index (χ1) is 20.0. The fourth-order valence-electron chi connectivity index (χ4n) is 5.68. The highest BCUT2D eigenvalue weighted by Gasteiger charge is 2.25. The average molecular weight is 561 g/mol. The lowest BCUT2D eigenvalue weighted by molar-refractivity contribution is -0.0439. The van der Waals surface area contributed by atoms with E-state index in [-0.39, 0.29) is 23.8 Å². The van der Waals surface area contributed by atoms with Crippen LogP contribution in [0.15, 0.2) is 60.8 Å². The zero-order chi connectivity index (χ0) is 28.3. The molecule has 41 heavy (non-hydrogen) atoms. The topological polar surface area (TPSA) is 102 Å². The van der Waals surface area contributed by atoms with E-state index >= 15 is 4.39 Å². The van der Waals surface area contributed by atoms with Crippen molar-refractivity contribution in [3.63, 3.8) is 0 Å². The van der Waals surface area contributed by atoms with Crippen LogP contribution in [0.3, 0.4) is 0 Å². The van der Waals surface area contributed by atoms with Gasteiger partial charge in [0.1, 0.15) is 6.61 Å². The van der Waals surface area contributed by atoms with Gasteiger partial charge in [0.05, 0.1) is 24.6 Å². The van der Waals surface area contributed by atoms with E-state index < -0.39 is 12.1 Å². The predicted octanol–water partition coefficient (Wildman–Crippen LogP) is 4.18. The van der Waals surface area contributed by atoms with Crippen LogP contribution in [0.25, 0.3) is 17.1 Å². The van der Waals surface area contributed by atoms with E-state index in [2.05, 4.69) is 33.2 Å². The molecule has 214 valence electrons. The van der Waals surface area contributed by atoms with E-state index in [0.717, 1.165) is 51.1 Å². The lowest BCUT2D eigenvalue weighted by Crippen LogP contribution is -2.42. The number of para-hydroxylation sites is 1. The SMILES string of the molecule is COc1c(C(O)O)cnn1-c1cccc(-c2cccc(F)c2OCc2ccc3c(c2)CCN(C2CCOCC2)C3)n1. The molecule has 2 aromatic carbocycles. The molecule has 0 aliphatic carbocycles. The number of methoxy groups -OCH3 is 1. The lowest BCUT2D eigenvalue weighted by atomic mass is 9.95. The van der Waals surface area contributed by atoms with E-state index in [1.54, 1.807) is 30.3 Å². The van der Waals surface area contributed by atoms with Crippen LogP contribution in [0, 0.1) is 5.82 Å². The molecule has 0 spiro atoms. The van der Waals surface area contributed by atoms with E-state index in [9.17, 15) is 10.2 Å². The van der Waals surface area contributed by atoms with Gasteiger partial charge in [0.15, 0.2) is 23.7 Å². The average Bonchev–Trinajstić information content (AvgIpc) is 3.45. The van der Waals surface area contributed by atoms with Gasteiger partial charge in [0, 0.05) is 37.9 Å². The Morgan fingerprint density at radius 1 is 1.07 bits per heavy atom. The minimum absolute atomic E-state index is 0.107. The fraction of sp³-hybridized carbons (Fsp3) is 0.355. The first-order valence-electron chi connectivity index (χ1n) is 13.8. The van der Waals surface area contributed by atoms with Gasteiger partial charge in [0.25, 0.3) is 0 Å². The summed E-state index contributed by atoms with van der Waals surface area (Å²) in [6, 6.07) is 16.9. The van der Waals surface area contributed by atoms with E-state index in [1.807, 2.05) is 0 Å². The summed E-state index contributed by atoms with van der Waals surface area (Å²) in [6.07, 6.45) is 2.71. The summed E-state index contributed by atoms with van der Waals surface area (Å²) in [5.41, 5.74) is 4.71. The Kier molecular flexibility index (Phi) is 7.97. The largest absolute Gasteiger partial charge is 0.485 e. The molecule has 2 N–H and O–H groups in total. The first kappa shape index (κ1) is 27.3. The number of pyridine rings is 1. The summed E-state index contributed by atoms with van der Waals surface area (Å²) in [5, 5.41) is 23.4. The first-order valence-corrected chi connectivity index (χ1v) is 13.8. The second-order valence-corrected chi connectivity index (χ2v) is 10.3. The Bertz CT molecular complexity index is 1520. The van der Waals surface area contributed by atoms with Gasteiger partial charge in [-0.2, -0.15) is 9.78 Å². The molecular formula is C31H33FN4O5. The molecule has 0 radical (unpaired) electrons. The number of benzene rings is 2. The third kappa shape index (κ3) is 5.69. The van der Waals surface area contributed by atoms with Gasteiger partial charge in [-0.1, -0.05) is 30.3 Å². The number of aromatic nitrogens is 3. The number of aliphatic hydroxyl groups excluding tert-OH is 1. The maximum absolute atomic E-state index is 15.1. The van der Waals surface area contributed by atoms with Gasteiger partial charge in [-0.25, -0.2) is 9.37 Å². The van der Waals surface area contributed by atoms with Crippen LogP contribution in [-0.2, 0) is 24.3 Å². The van der Waals surface area contributed by atoms with E-state index in [0.29, 0.717) is 23.1 Å². The van der Waals surface area contributed by atoms with Crippen LogP contribution in [0.1, 0.15) is 41.4 Å². The van der Waals surface area contributed by atoms with Crippen LogP contribution in [0.2, 0.25) is 0 Å². The standard InChI is InChI=1S/C31H33FN4O5/c1-39-30-25(31(37)38)17-33-36(30)28-7-3-6-27(34-28)24-4-2-5-26(32)29(24)41-19-20-8-9-22-18-35(13-10-21(22)16-20)23-11-14-40-15-12-23/h2-9,16-17,23,31,37-38H,10-15,18-19H2,1H3. The fourth-order valence-corrected chi connectivity index (χ4v) is 5.68. The van der Waals surface area contributed by atoms with Crippen molar-refractivity contribution in [1.82, 2.24) is 19.7 Å². The maximum Gasteiger partial charge on any atom is 0.226 e. The number of halogens is 1. The molecule has 1 saturated heterocycles. The molecule has 10 heteroatoms. The molecule has 2 aliphatic rings. The second-order valence-electron chi connectivity index (χ2n) is 10.3. The predicted molar refractivity (Wildman–Crippen MR) is 149 cm³/mol. The van der Waals surface area contributed by atoms with Crippen molar-refractivity contribution in [2.24, 2.45) is 0 Å². The molecule has 2 aliphatic heterocycles. The van der Waals surface area contributed by atoms with Gasteiger partial charge in [0.2, 0.25) is 5.88 Å². The normalized spacial score (nSPS) is 16.1. The molecule has 4 aromatic rings. The summed E-state index contributed by atoms with van der Waals surface area (Å²) < 4.78 is 33.4. The highest BCUT2D eigenvalue weighted by Crippen LogP contribution is 2.34. The molecule has 1 fully saturated rings. The van der Waals surface area contributed by atoms with Crippen molar-refractivity contribution >= 4 is 0 Å². The van der Waals surface area contributed by atoms with Gasteiger partial charge < -0.3 is 24.4 Å². The number of hydrogen-bond donors (Lipinski definition) is 2. The lowest BCUT2D eigenvalue weighted by Gasteiger charge is -2.37. The molecule has 6 rings (SSSR count). The van der Waals surface area contributed by atoms with Crippen molar-refractivity contribution in [2.45, 2.75) is 44.7 Å². The number of rotatable bonds is 8. The van der Waals surface area contributed by atoms with Crippen LogP contribution < -0.4 is 9.47 Å². The second kappa shape index (κ2) is 12.0. The van der Waals surface area contributed by atoms with Crippen LogP contribution >= 0.6 is 0 Å². The Morgan fingerprint density at radius 3 is 2.71 bits per heavy atom. The molecule has 0 atom stereocenters. The Labute approximate surface area is 237 Å². The van der Waals surface area contributed by atoms with Gasteiger partial charge >= 0.3 is 0 Å². The van der Waals surface area contributed by atoms with Gasteiger partial charge in [-0.15, -0.1) is 0 Å². The summed E-state index contributed by atoms with van der Waals surface area (Å²) in [6.45, 7) is 3.87. The molecular weight excluding hydrogens is 527 g/mol. The smallest absolute Gasteiger partial charge is 0.226 e. The molecule has 2 aromatic heterocycles. The highest BCUT2D eigenvalue weighted by molar-refractivity contribution is 5.68.